The van der Waals surface area contributed by atoms with Crippen molar-refractivity contribution in [2.45, 2.75) is 24.1 Å². The molecule has 1 fully saturated rings. The molecule has 0 aromatic heterocycles. The number of carbonyl (C=O) groups excluding carboxylic acids is 2. The van der Waals surface area contributed by atoms with Gasteiger partial charge < -0.3 is 5.32 Å². The SMILES string of the molecule is O=Cc1ccc(C2CC(c3cc(Cl)cc(Cl)c3)(C(F)(F)F)NC2=O)cc1Cl. The molecule has 2 unspecified atom stereocenters. The van der Waals surface area contributed by atoms with E-state index in [1.807, 2.05) is 0 Å². The molecule has 0 radical (unpaired) electrons. The topological polar surface area (TPSA) is 46.2 Å². The Kier molecular flexibility index (Phi) is 5.18. The van der Waals surface area contributed by atoms with Gasteiger partial charge in [0.05, 0.1) is 10.9 Å². The van der Waals surface area contributed by atoms with Gasteiger partial charge >= 0.3 is 6.18 Å². The van der Waals surface area contributed by atoms with Crippen molar-refractivity contribution in [3.05, 3.63) is 68.2 Å². The second kappa shape index (κ2) is 7.00. The fourth-order valence-electron chi connectivity index (χ4n) is 3.21. The van der Waals surface area contributed by atoms with Crippen molar-refractivity contribution in [2.24, 2.45) is 0 Å². The first-order valence-corrected chi connectivity index (χ1v) is 8.81. The molecule has 1 aliphatic heterocycles. The molecule has 1 amide bonds. The van der Waals surface area contributed by atoms with Crippen LogP contribution in [0.1, 0.15) is 33.8 Å². The van der Waals surface area contributed by atoms with E-state index in [4.69, 9.17) is 34.8 Å². The molecule has 2 aromatic carbocycles. The summed E-state index contributed by atoms with van der Waals surface area (Å²) in [6.07, 6.45) is -4.87. The van der Waals surface area contributed by atoms with E-state index in [0.29, 0.717) is 6.29 Å². The first-order chi connectivity index (χ1) is 12.6. The Morgan fingerprint density at radius 1 is 1.07 bits per heavy atom. The number of benzene rings is 2. The number of halogens is 6. The van der Waals surface area contributed by atoms with Gasteiger partial charge in [0.2, 0.25) is 5.91 Å². The molecule has 1 heterocycles. The maximum absolute atomic E-state index is 14.1. The summed E-state index contributed by atoms with van der Waals surface area (Å²) in [6, 6.07) is 7.67. The van der Waals surface area contributed by atoms with Gasteiger partial charge in [0.15, 0.2) is 11.8 Å². The van der Waals surface area contributed by atoms with E-state index in [1.54, 1.807) is 0 Å². The summed E-state index contributed by atoms with van der Waals surface area (Å²) >= 11 is 17.7. The van der Waals surface area contributed by atoms with E-state index in [0.717, 1.165) is 12.1 Å². The lowest BCUT2D eigenvalue weighted by Crippen LogP contribution is -2.51. The number of rotatable bonds is 3. The van der Waals surface area contributed by atoms with Crippen LogP contribution in [0.15, 0.2) is 36.4 Å². The average Bonchev–Trinajstić information content (AvgIpc) is 2.92. The van der Waals surface area contributed by atoms with E-state index in [1.165, 1.54) is 24.3 Å². The zero-order valence-electron chi connectivity index (χ0n) is 13.4. The van der Waals surface area contributed by atoms with Gasteiger partial charge in [0.25, 0.3) is 0 Å². The maximum Gasteiger partial charge on any atom is 0.415 e. The summed E-state index contributed by atoms with van der Waals surface area (Å²) in [5.41, 5.74) is -2.43. The van der Waals surface area contributed by atoms with Crippen molar-refractivity contribution in [1.82, 2.24) is 5.32 Å². The zero-order chi connectivity index (χ0) is 20.0. The van der Waals surface area contributed by atoms with Crippen LogP contribution in [0, 0.1) is 0 Å². The molecule has 3 rings (SSSR count). The largest absolute Gasteiger partial charge is 0.415 e. The molecule has 9 heteroatoms. The van der Waals surface area contributed by atoms with Gasteiger partial charge in [-0.3, -0.25) is 9.59 Å². The normalized spacial score (nSPS) is 22.6. The quantitative estimate of drug-likeness (QED) is 0.644. The fraction of sp³-hybridized carbons (Fsp3) is 0.222. The highest BCUT2D eigenvalue weighted by Gasteiger charge is 2.62. The molecular weight excluding hydrogens is 426 g/mol. The lowest BCUT2D eigenvalue weighted by Gasteiger charge is -2.32. The third kappa shape index (κ3) is 3.53. The van der Waals surface area contributed by atoms with Crippen LogP contribution in [0.3, 0.4) is 0 Å². The van der Waals surface area contributed by atoms with Crippen molar-refractivity contribution in [1.29, 1.82) is 0 Å². The minimum atomic E-state index is -4.79. The lowest BCUT2D eigenvalue weighted by atomic mass is 9.82. The molecule has 2 aromatic rings. The number of alkyl halides is 3. The minimum Gasteiger partial charge on any atom is -0.338 e. The molecule has 1 saturated heterocycles. The Morgan fingerprint density at radius 3 is 2.22 bits per heavy atom. The van der Waals surface area contributed by atoms with Crippen LogP contribution in [0.5, 0.6) is 0 Å². The summed E-state index contributed by atoms with van der Waals surface area (Å²) in [5.74, 6) is -1.92. The van der Waals surface area contributed by atoms with Crippen molar-refractivity contribution in [3.8, 4) is 0 Å². The number of nitrogens with one attached hydrogen (secondary N) is 1. The molecule has 1 N–H and O–H groups in total. The molecule has 1 aliphatic rings. The molecule has 27 heavy (non-hydrogen) atoms. The van der Waals surface area contributed by atoms with Gasteiger partial charge in [-0.25, -0.2) is 0 Å². The Labute approximate surface area is 167 Å². The summed E-state index contributed by atoms with van der Waals surface area (Å²) in [6.45, 7) is 0. The van der Waals surface area contributed by atoms with E-state index < -0.39 is 30.0 Å². The van der Waals surface area contributed by atoms with E-state index in [9.17, 15) is 22.8 Å². The summed E-state index contributed by atoms with van der Waals surface area (Å²) in [7, 11) is 0. The molecule has 142 valence electrons. The van der Waals surface area contributed by atoms with Crippen molar-refractivity contribution in [3.63, 3.8) is 0 Å². The number of carbonyl (C=O) groups is 2. The minimum absolute atomic E-state index is 0.0252. The van der Waals surface area contributed by atoms with Gasteiger partial charge in [0.1, 0.15) is 0 Å². The Bertz CT molecular complexity index is 912. The highest BCUT2D eigenvalue weighted by molar-refractivity contribution is 6.34. The molecule has 0 aliphatic carbocycles. The number of aldehydes is 1. The monoisotopic (exact) mass is 435 g/mol. The zero-order valence-corrected chi connectivity index (χ0v) is 15.7. The van der Waals surface area contributed by atoms with Crippen molar-refractivity contribution < 1.29 is 22.8 Å². The van der Waals surface area contributed by atoms with Gasteiger partial charge in [-0.1, -0.05) is 40.9 Å². The molecule has 2 atom stereocenters. The van der Waals surface area contributed by atoms with E-state index >= 15 is 0 Å². The standard InChI is InChI=1S/C18H11Cl3F3NO2/c19-12-4-11(5-13(20)6-12)17(18(22,23)24)7-14(16(27)25-17)9-1-2-10(8-26)15(21)3-9/h1-6,8,14H,7H2,(H,25,27). The molecule has 0 bridgehead atoms. The summed E-state index contributed by atoms with van der Waals surface area (Å²) in [4.78, 5) is 23.3. The second-order valence-electron chi connectivity index (χ2n) is 6.21. The van der Waals surface area contributed by atoms with Crippen LogP contribution in [0.2, 0.25) is 15.1 Å². The van der Waals surface area contributed by atoms with Gasteiger partial charge in [-0.2, -0.15) is 13.2 Å². The Hall–Kier alpha value is -1.76. The third-order valence-electron chi connectivity index (χ3n) is 4.56. The van der Waals surface area contributed by atoms with Crippen LogP contribution in [-0.2, 0) is 10.3 Å². The lowest BCUT2D eigenvalue weighted by molar-refractivity contribution is -0.197. The Morgan fingerprint density at radius 2 is 1.70 bits per heavy atom. The fourth-order valence-corrected chi connectivity index (χ4v) is 3.97. The number of amides is 1. The van der Waals surface area contributed by atoms with Crippen LogP contribution in [-0.4, -0.2) is 18.4 Å². The van der Waals surface area contributed by atoms with Gasteiger partial charge in [0, 0.05) is 15.6 Å². The van der Waals surface area contributed by atoms with Crippen LogP contribution >= 0.6 is 34.8 Å². The molecular formula is C18H11Cl3F3NO2. The van der Waals surface area contributed by atoms with Gasteiger partial charge in [-0.15, -0.1) is 0 Å². The average molecular weight is 437 g/mol. The second-order valence-corrected chi connectivity index (χ2v) is 7.49. The first-order valence-electron chi connectivity index (χ1n) is 7.67. The Balaban J connectivity index is 2.09. The predicted octanol–water partition coefficient (Wildman–Crippen LogP) is 5.52. The van der Waals surface area contributed by atoms with E-state index in [2.05, 4.69) is 5.32 Å². The van der Waals surface area contributed by atoms with Crippen LogP contribution < -0.4 is 5.32 Å². The van der Waals surface area contributed by atoms with Crippen LogP contribution in [0.4, 0.5) is 13.2 Å². The molecule has 0 spiro atoms. The van der Waals surface area contributed by atoms with Gasteiger partial charge in [-0.05, 0) is 47.9 Å². The highest BCUT2D eigenvalue weighted by atomic mass is 35.5. The molecule has 0 saturated carbocycles. The summed E-state index contributed by atoms with van der Waals surface area (Å²) in [5, 5.41) is 2.19. The molecule has 3 nitrogen and oxygen atoms in total. The van der Waals surface area contributed by atoms with Crippen molar-refractivity contribution >= 4 is 47.0 Å². The number of hydrogen-bond acceptors (Lipinski definition) is 2. The first kappa shape index (κ1) is 20.0. The maximum atomic E-state index is 14.1. The number of hydrogen-bond donors (Lipinski definition) is 1. The summed E-state index contributed by atoms with van der Waals surface area (Å²) < 4.78 is 42.2. The third-order valence-corrected chi connectivity index (χ3v) is 5.32. The van der Waals surface area contributed by atoms with E-state index in [-0.39, 0.29) is 31.8 Å². The smallest absolute Gasteiger partial charge is 0.338 e. The highest BCUT2D eigenvalue weighted by Crippen LogP contribution is 2.50. The van der Waals surface area contributed by atoms with Crippen LogP contribution in [0.25, 0.3) is 0 Å². The van der Waals surface area contributed by atoms with Crippen molar-refractivity contribution in [2.75, 3.05) is 0 Å². The predicted molar refractivity (Wildman–Crippen MR) is 96.5 cm³/mol.